The summed E-state index contributed by atoms with van der Waals surface area (Å²) in [5, 5.41) is 4.27. The van der Waals surface area contributed by atoms with Crippen LogP contribution in [0, 0.1) is 6.92 Å². The van der Waals surface area contributed by atoms with E-state index in [2.05, 4.69) is 32.7 Å². The quantitative estimate of drug-likeness (QED) is 0.515. The molecule has 0 fully saturated rings. The van der Waals surface area contributed by atoms with Crippen molar-refractivity contribution in [3.63, 3.8) is 0 Å². The zero-order valence-corrected chi connectivity index (χ0v) is 7.87. The van der Waals surface area contributed by atoms with E-state index in [-0.39, 0.29) is 0 Å². The third-order valence-electron chi connectivity index (χ3n) is 1.68. The van der Waals surface area contributed by atoms with Gasteiger partial charge in [-0.25, -0.2) is 9.67 Å². The van der Waals surface area contributed by atoms with Crippen LogP contribution in [0.5, 0.6) is 0 Å². The minimum Gasteiger partial charge on any atom is -0.237 e. The number of aryl methyl sites for hydroxylation is 2. The average Bonchev–Trinajstić information content (AvgIpc) is 2.35. The van der Waals surface area contributed by atoms with Gasteiger partial charge in [-0.2, -0.15) is 5.10 Å². The number of alkyl halides is 1. The number of nitrogens with zero attached hydrogens (tertiary/aromatic N) is 3. The van der Waals surface area contributed by atoms with Gasteiger partial charge in [-0.05, 0) is 13.3 Å². The molecule has 0 saturated heterocycles. The minimum atomic E-state index is 0.536. The highest BCUT2D eigenvalue weighted by Gasteiger charge is 2.21. The molecule has 0 radical (unpaired) electrons. The molecule has 0 amide bonds. The molecular weight excluding hydrogens is 241 g/mol. The van der Waals surface area contributed by atoms with Crippen molar-refractivity contribution in [1.82, 2.24) is 14.8 Å². The number of fused-ring (bicyclic) bond motifs is 1. The van der Waals surface area contributed by atoms with Crippen molar-refractivity contribution in [1.29, 1.82) is 0 Å². The number of halogens is 1. The van der Waals surface area contributed by atoms with Crippen molar-refractivity contribution >= 4 is 22.6 Å². The largest absolute Gasteiger partial charge is 0.237 e. The maximum Gasteiger partial charge on any atom is 0.147 e. The Hall–Kier alpha value is -0.130. The second-order valence-electron chi connectivity index (χ2n) is 2.49. The monoisotopic (exact) mass is 249 g/mol. The molecule has 3 nitrogen and oxygen atoms in total. The van der Waals surface area contributed by atoms with Crippen LogP contribution in [0.2, 0.25) is 0 Å². The maximum atomic E-state index is 4.29. The molecule has 2 heterocycles. The Labute approximate surface area is 73.0 Å². The van der Waals surface area contributed by atoms with Crippen molar-refractivity contribution in [3.8, 4) is 0 Å². The summed E-state index contributed by atoms with van der Waals surface area (Å²) in [6, 6.07) is 0. The van der Waals surface area contributed by atoms with Crippen molar-refractivity contribution in [2.45, 2.75) is 23.8 Å². The molecule has 0 N–H and O–H groups in total. The van der Waals surface area contributed by atoms with E-state index in [1.54, 1.807) is 0 Å². The van der Waals surface area contributed by atoms with Crippen LogP contribution in [0.25, 0.3) is 0 Å². The van der Waals surface area contributed by atoms with Gasteiger partial charge in [-0.15, -0.1) is 0 Å². The van der Waals surface area contributed by atoms with Gasteiger partial charge in [-0.3, -0.25) is 0 Å². The van der Waals surface area contributed by atoms with E-state index in [9.17, 15) is 0 Å². The molecule has 1 unspecified atom stereocenters. The molecule has 2 rings (SSSR count). The summed E-state index contributed by atoms with van der Waals surface area (Å²) in [6.45, 7) is 1.94. The van der Waals surface area contributed by atoms with E-state index in [0.717, 1.165) is 18.1 Å². The van der Waals surface area contributed by atoms with E-state index >= 15 is 0 Å². The van der Waals surface area contributed by atoms with Gasteiger partial charge in [-0.1, -0.05) is 22.6 Å². The molecule has 0 saturated carbocycles. The molecule has 4 heteroatoms. The molecule has 10 heavy (non-hydrogen) atoms. The first-order valence-electron chi connectivity index (χ1n) is 3.33. The molecule has 54 valence electrons. The maximum absolute atomic E-state index is 4.29. The van der Waals surface area contributed by atoms with Gasteiger partial charge in [0.2, 0.25) is 0 Å². The van der Waals surface area contributed by atoms with Crippen molar-refractivity contribution in [2.75, 3.05) is 0 Å². The van der Waals surface area contributed by atoms with E-state index in [1.165, 1.54) is 6.42 Å². The highest BCUT2D eigenvalue weighted by molar-refractivity contribution is 14.1. The molecule has 1 atom stereocenters. The fourth-order valence-corrected chi connectivity index (χ4v) is 2.00. The van der Waals surface area contributed by atoms with Crippen LogP contribution in [0.15, 0.2) is 0 Å². The van der Waals surface area contributed by atoms with Crippen LogP contribution in [-0.4, -0.2) is 14.8 Å². The lowest BCUT2D eigenvalue weighted by Crippen LogP contribution is -1.97. The van der Waals surface area contributed by atoms with Crippen LogP contribution in [0.3, 0.4) is 0 Å². The SMILES string of the molecule is Cc1nc2n(n1)C(I)CC2. The molecule has 1 aromatic heterocycles. The van der Waals surface area contributed by atoms with Gasteiger partial charge in [0.1, 0.15) is 15.7 Å². The molecule has 1 aliphatic heterocycles. The first-order chi connectivity index (χ1) is 4.77. The van der Waals surface area contributed by atoms with Crippen LogP contribution in [0.4, 0.5) is 0 Å². The lowest BCUT2D eigenvalue weighted by atomic mass is 10.4. The van der Waals surface area contributed by atoms with Gasteiger partial charge in [0.05, 0.1) is 0 Å². The van der Waals surface area contributed by atoms with Crippen molar-refractivity contribution in [2.24, 2.45) is 0 Å². The molecule has 0 spiro atoms. The summed E-state index contributed by atoms with van der Waals surface area (Å²) in [7, 11) is 0. The van der Waals surface area contributed by atoms with Crippen LogP contribution >= 0.6 is 22.6 Å². The predicted molar refractivity (Wildman–Crippen MR) is 46.1 cm³/mol. The molecule has 0 bridgehead atoms. The fourth-order valence-electron chi connectivity index (χ4n) is 1.24. The minimum absolute atomic E-state index is 0.536. The topological polar surface area (TPSA) is 30.7 Å². The van der Waals surface area contributed by atoms with Crippen molar-refractivity contribution < 1.29 is 0 Å². The summed E-state index contributed by atoms with van der Waals surface area (Å²) >= 11 is 2.40. The van der Waals surface area contributed by atoms with Gasteiger partial charge >= 0.3 is 0 Å². The number of hydrogen-bond acceptors (Lipinski definition) is 2. The highest BCUT2D eigenvalue weighted by Crippen LogP contribution is 2.28. The number of aromatic nitrogens is 3. The first-order valence-corrected chi connectivity index (χ1v) is 4.58. The third kappa shape index (κ3) is 0.853. The number of hydrogen-bond donors (Lipinski definition) is 0. The standard InChI is InChI=1S/C6H8IN3/c1-4-8-6-3-2-5(7)10(6)9-4/h5H,2-3H2,1H3. The lowest BCUT2D eigenvalue weighted by molar-refractivity contribution is 0.655. The van der Waals surface area contributed by atoms with E-state index in [0.29, 0.717) is 4.05 Å². The Bertz CT molecular complexity index is 255. The average molecular weight is 249 g/mol. The normalized spacial score (nSPS) is 23.2. The molecule has 0 aliphatic carbocycles. The smallest absolute Gasteiger partial charge is 0.147 e. The third-order valence-corrected chi connectivity index (χ3v) is 2.83. The predicted octanol–water partition coefficient (Wildman–Crippen LogP) is 1.47. The highest BCUT2D eigenvalue weighted by atomic mass is 127. The van der Waals surface area contributed by atoms with Gasteiger partial charge in [0.25, 0.3) is 0 Å². The molecule has 1 aliphatic rings. The Balaban J connectivity index is 2.49. The summed E-state index contributed by atoms with van der Waals surface area (Å²) in [5.41, 5.74) is 0. The van der Waals surface area contributed by atoms with Crippen LogP contribution < -0.4 is 0 Å². The second-order valence-corrected chi connectivity index (χ2v) is 3.93. The van der Waals surface area contributed by atoms with Gasteiger partial charge in [0.15, 0.2) is 0 Å². The van der Waals surface area contributed by atoms with Crippen LogP contribution in [0.1, 0.15) is 22.1 Å². The lowest BCUT2D eigenvalue weighted by Gasteiger charge is -1.98. The fraction of sp³-hybridized carbons (Fsp3) is 0.667. The van der Waals surface area contributed by atoms with Crippen molar-refractivity contribution in [3.05, 3.63) is 11.6 Å². The summed E-state index contributed by atoms with van der Waals surface area (Å²) in [4.78, 5) is 4.29. The molecule has 0 aromatic carbocycles. The Morgan fingerprint density at radius 1 is 1.70 bits per heavy atom. The zero-order chi connectivity index (χ0) is 7.14. The van der Waals surface area contributed by atoms with E-state index in [4.69, 9.17) is 0 Å². The van der Waals surface area contributed by atoms with Crippen LogP contribution in [-0.2, 0) is 6.42 Å². The summed E-state index contributed by atoms with van der Waals surface area (Å²) in [6.07, 6.45) is 2.28. The molecule has 1 aromatic rings. The van der Waals surface area contributed by atoms with Gasteiger partial charge in [0, 0.05) is 6.42 Å². The van der Waals surface area contributed by atoms with Gasteiger partial charge < -0.3 is 0 Å². The summed E-state index contributed by atoms with van der Waals surface area (Å²) in [5.74, 6) is 2.05. The first kappa shape index (κ1) is 6.57. The zero-order valence-electron chi connectivity index (χ0n) is 5.71. The molecular formula is C6H8IN3. The van der Waals surface area contributed by atoms with E-state index < -0.39 is 0 Å². The Morgan fingerprint density at radius 2 is 2.50 bits per heavy atom. The number of rotatable bonds is 0. The van der Waals surface area contributed by atoms with E-state index in [1.807, 2.05) is 11.6 Å². The Kier molecular flexibility index (Phi) is 1.43. The second kappa shape index (κ2) is 2.18. The summed E-state index contributed by atoms with van der Waals surface area (Å²) < 4.78 is 2.56. The Morgan fingerprint density at radius 3 is 3.20 bits per heavy atom.